The number of nitrogens with one attached hydrogen (secondary N) is 1. The Labute approximate surface area is 129 Å². The lowest BCUT2D eigenvalue weighted by molar-refractivity contribution is 0.306. The molecule has 1 aliphatic carbocycles. The summed E-state index contributed by atoms with van der Waals surface area (Å²) in [7, 11) is -3.47. The van der Waals surface area contributed by atoms with Crippen molar-refractivity contribution in [1.29, 1.82) is 0 Å². The molecule has 3 unspecified atom stereocenters. The zero-order valence-corrected chi connectivity index (χ0v) is 13.0. The summed E-state index contributed by atoms with van der Waals surface area (Å²) in [4.78, 5) is 0. The fourth-order valence-electron chi connectivity index (χ4n) is 3.70. The predicted molar refractivity (Wildman–Crippen MR) is 79.6 cm³/mol. The average molecular weight is 329 g/mol. The molecule has 2 bridgehead atoms. The largest absolute Gasteiger partial charge is 0.491 e. The number of hydrogen-bond donors (Lipinski definition) is 1. The van der Waals surface area contributed by atoms with E-state index in [1.54, 1.807) is 22.5 Å². The summed E-state index contributed by atoms with van der Waals surface area (Å²) in [5.41, 5.74) is 0.815. The normalized spacial score (nSPS) is 31.4. The number of nitrogens with zero attached hydrogens (tertiary/aromatic N) is 1. The van der Waals surface area contributed by atoms with E-state index in [1.165, 1.54) is 0 Å². The standard InChI is InChI=1S/C14H17ClN2O3S/c15-10-2-4-14-12(6-10)13(8-20-14)16-21(18,19)17-7-9-1-3-11(17)5-9/h2,4,6,9,11,13,16H,1,3,5,7-8H2. The number of hydrogen-bond acceptors (Lipinski definition) is 3. The number of rotatable bonds is 3. The smallest absolute Gasteiger partial charge is 0.280 e. The van der Waals surface area contributed by atoms with E-state index in [0.29, 0.717) is 29.8 Å². The SMILES string of the molecule is O=S(=O)(NC1COc2ccc(Cl)cc21)N1CC2CCC1C2. The molecule has 0 amide bonds. The molecule has 7 heteroatoms. The van der Waals surface area contributed by atoms with Crippen LogP contribution < -0.4 is 9.46 Å². The van der Waals surface area contributed by atoms with Crippen LogP contribution in [0.3, 0.4) is 0 Å². The molecule has 4 rings (SSSR count). The number of halogens is 1. The maximum atomic E-state index is 12.6. The molecule has 2 fully saturated rings. The van der Waals surface area contributed by atoms with Gasteiger partial charge in [-0.3, -0.25) is 0 Å². The van der Waals surface area contributed by atoms with Crippen molar-refractivity contribution in [3.63, 3.8) is 0 Å². The van der Waals surface area contributed by atoms with E-state index in [-0.39, 0.29) is 12.1 Å². The second kappa shape index (κ2) is 4.84. The lowest BCUT2D eigenvalue weighted by Gasteiger charge is -2.27. The second-order valence-corrected chi connectivity index (χ2v) is 8.16. The van der Waals surface area contributed by atoms with E-state index in [4.69, 9.17) is 16.3 Å². The Kier molecular flexibility index (Phi) is 3.19. The van der Waals surface area contributed by atoms with Gasteiger partial charge in [-0.2, -0.15) is 17.4 Å². The lowest BCUT2D eigenvalue weighted by atomic mass is 10.1. The summed E-state index contributed by atoms with van der Waals surface area (Å²) >= 11 is 6.00. The van der Waals surface area contributed by atoms with Crippen LogP contribution in [-0.2, 0) is 10.2 Å². The fourth-order valence-corrected chi connectivity index (χ4v) is 5.57. The van der Waals surface area contributed by atoms with E-state index >= 15 is 0 Å². The van der Waals surface area contributed by atoms with Crippen molar-refractivity contribution < 1.29 is 13.2 Å². The van der Waals surface area contributed by atoms with Crippen LogP contribution in [0.2, 0.25) is 5.02 Å². The molecule has 1 aromatic rings. The van der Waals surface area contributed by atoms with E-state index in [0.717, 1.165) is 24.8 Å². The molecule has 2 aliphatic heterocycles. The highest BCUT2D eigenvalue weighted by atomic mass is 35.5. The van der Waals surface area contributed by atoms with Crippen molar-refractivity contribution in [2.24, 2.45) is 5.92 Å². The van der Waals surface area contributed by atoms with Crippen molar-refractivity contribution in [2.75, 3.05) is 13.2 Å². The Bertz CT molecular complexity index is 679. The highest BCUT2D eigenvalue weighted by Crippen LogP contribution is 2.40. The van der Waals surface area contributed by atoms with Gasteiger partial charge in [0.05, 0.1) is 6.04 Å². The van der Waals surface area contributed by atoms with Crippen LogP contribution in [0.25, 0.3) is 0 Å². The molecule has 2 heterocycles. The molecule has 1 N–H and O–H groups in total. The molecule has 0 spiro atoms. The van der Waals surface area contributed by atoms with Crippen LogP contribution in [0.1, 0.15) is 30.9 Å². The van der Waals surface area contributed by atoms with Crippen molar-refractivity contribution in [3.8, 4) is 5.75 Å². The fraction of sp³-hybridized carbons (Fsp3) is 0.571. The zero-order chi connectivity index (χ0) is 14.6. The Morgan fingerprint density at radius 2 is 2.19 bits per heavy atom. The van der Waals surface area contributed by atoms with Gasteiger partial charge in [-0.05, 0) is 43.4 Å². The van der Waals surface area contributed by atoms with Gasteiger partial charge in [-0.1, -0.05) is 11.6 Å². The maximum absolute atomic E-state index is 12.6. The predicted octanol–water partition coefficient (Wildman–Crippen LogP) is 2.09. The highest BCUT2D eigenvalue weighted by Gasteiger charge is 2.44. The van der Waals surface area contributed by atoms with Crippen LogP contribution in [-0.4, -0.2) is 31.9 Å². The molecular formula is C14H17ClN2O3S. The second-order valence-electron chi connectivity index (χ2n) is 6.07. The Balaban J connectivity index is 1.56. The van der Waals surface area contributed by atoms with Crippen molar-refractivity contribution in [1.82, 2.24) is 9.03 Å². The van der Waals surface area contributed by atoms with Gasteiger partial charge in [0.1, 0.15) is 12.4 Å². The summed E-state index contributed by atoms with van der Waals surface area (Å²) in [5.74, 6) is 1.24. The Morgan fingerprint density at radius 1 is 1.33 bits per heavy atom. The minimum atomic E-state index is -3.47. The first-order chi connectivity index (χ1) is 10.0. The highest BCUT2D eigenvalue weighted by molar-refractivity contribution is 7.87. The van der Waals surface area contributed by atoms with Crippen LogP contribution in [0.4, 0.5) is 0 Å². The third-order valence-corrected chi connectivity index (χ3v) is 6.59. The first kappa shape index (κ1) is 13.8. The van der Waals surface area contributed by atoms with Gasteiger partial charge in [0.15, 0.2) is 0 Å². The summed E-state index contributed by atoms with van der Waals surface area (Å²) in [5, 5.41) is 0.587. The van der Waals surface area contributed by atoms with Gasteiger partial charge in [0.25, 0.3) is 10.2 Å². The lowest BCUT2D eigenvalue weighted by Crippen LogP contribution is -2.46. The molecule has 1 saturated heterocycles. The third kappa shape index (κ3) is 2.34. The number of piperidine rings is 1. The molecule has 21 heavy (non-hydrogen) atoms. The van der Waals surface area contributed by atoms with Crippen LogP contribution >= 0.6 is 11.6 Å². The molecule has 3 aliphatic rings. The molecule has 1 aromatic carbocycles. The van der Waals surface area contributed by atoms with Crippen LogP contribution in [0.15, 0.2) is 18.2 Å². The van der Waals surface area contributed by atoms with Gasteiger partial charge < -0.3 is 4.74 Å². The van der Waals surface area contributed by atoms with Gasteiger partial charge in [0.2, 0.25) is 0 Å². The molecule has 1 saturated carbocycles. The van der Waals surface area contributed by atoms with Gasteiger partial charge >= 0.3 is 0 Å². The first-order valence-corrected chi connectivity index (χ1v) is 9.06. The molecule has 114 valence electrons. The average Bonchev–Trinajstić information content (AvgIpc) is 3.14. The van der Waals surface area contributed by atoms with Crippen molar-refractivity contribution in [2.45, 2.75) is 31.3 Å². The number of benzene rings is 1. The maximum Gasteiger partial charge on any atom is 0.280 e. The van der Waals surface area contributed by atoms with Gasteiger partial charge in [-0.25, -0.2) is 0 Å². The molecule has 3 atom stereocenters. The summed E-state index contributed by atoms with van der Waals surface area (Å²) in [6.45, 7) is 0.965. The first-order valence-electron chi connectivity index (χ1n) is 7.24. The van der Waals surface area contributed by atoms with E-state index in [1.807, 2.05) is 0 Å². The van der Waals surface area contributed by atoms with Crippen molar-refractivity contribution in [3.05, 3.63) is 28.8 Å². The quantitative estimate of drug-likeness (QED) is 0.924. The molecular weight excluding hydrogens is 312 g/mol. The molecule has 0 aromatic heterocycles. The summed E-state index contributed by atoms with van der Waals surface area (Å²) < 4.78 is 35.1. The molecule has 5 nitrogen and oxygen atoms in total. The van der Waals surface area contributed by atoms with Crippen LogP contribution in [0.5, 0.6) is 5.75 Å². The monoisotopic (exact) mass is 328 g/mol. The minimum absolute atomic E-state index is 0.175. The molecule has 0 radical (unpaired) electrons. The Hall–Kier alpha value is -0.820. The van der Waals surface area contributed by atoms with Crippen molar-refractivity contribution >= 4 is 21.8 Å². The minimum Gasteiger partial charge on any atom is -0.491 e. The Morgan fingerprint density at radius 3 is 2.90 bits per heavy atom. The number of ether oxygens (including phenoxy) is 1. The topological polar surface area (TPSA) is 58.6 Å². The summed E-state index contributed by atoms with van der Waals surface area (Å²) in [6.07, 6.45) is 3.14. The van der Waals surface area contributed by atoms with E-state index in [9.17, 15) is 8.42 Å². The zero-order valence-electron chi connectivity index (χ0n) is 11.5. The van der Waals surface area contributed by atoms with Gasteiger partial charge in [-0.15, -0.1) is 0 Å². The number of fused-ring (bicyclic) bond motifs is 3. The summed E-state index contributed by atoms with van der Waals surface area (Å²) in [6, 6.07) is 5.12. The van der Waals surface area contributed by atoms with Gasteiger partial charge in [0, 0.05) is 23.2 Å². The van der Waals surface area contributed by atoms with E-state index in [2.05, 4.69) is 4.72 Å². The van der Waals surface area contributed by atoms with E-state index < -0.39 is 10.2 Å². The van der Waals surface area contributed by atoms with Crippen LogP contribution in [0, 0.1) is 5.92 Å². The third-order valence-electron chi connectivity index (χ3n) is 4.71.